The first-order valence-corrected chi connectivity index (χ1v) is 8.59. The molecule has 2 nitrogen and oxygen atoms in total. The van der Waals surface area contributed by atoms with Crippen LogP contribution in [0.3, 0.4) is 0 Å². The van der Waals surface area contributed by atoms with E-state index in [9.17, 15) is 0 Å². The quantitative estimate of drug-likeness (QED) is 0.625. The van der Waals surface area contributed by atoms with Crippen LogP contribution in [0.25, 0.3) is 0 Å². The molecule has 0 fully saturated rings. The summed E-state index contributed by atoms with van der Waals surface area (Å²) in [5.41, 5.74) is 1.30. The van der Waals surface area contributed by atoms with E-state index in [1.165, 1.54) is 5.56 Å². The monoisotopic (exact) mass is 366 g/mol. The third-order valence-electron chi connectivity index (χ3n) is 2.82. The molecule has 0 heterocycles. The van der Waals surface area contributed by atoms with Crippen LogP contribution in [0.1, 0.15) is 19.4 Å². The molecule has 2 aromatic carbocycles. The third kappa shape index (κ3) is 4.68. The second-order valence-corrected chi connectivity index (χ2v) is 6.75. The topological polar surface area (TPSA) is 18.5 Å². The zero-order valence-corrected chi connectivity index (χ0v) is 14.8. The number of rotatable bonds is 6. The molecule has 0 unspecified atom stereocenters. The van der Waals surface area contributed by atoms with Crippen molar-refractivity contribution in [3.05, 3.63) is 52.5 Å². The summed E-state index contributed by atoms with van der Waals surface area (Å²) in [4.78, 5) is 1.15. The van der Waals surface area contributed by atoms with Crippen LogP contribution in [-0.4, -0.2) is 13.2 Å². The highest BCUT2D eigenvalue weighted by atomic mass is 79.9. The van der Waals surface area contributed by atoms with Crippen molar-refractivity contribution < 1.29 is 9.47 Å². The molecule has 2 rings (SSSR count). The molecule has 21 heavy (non-hydrogen) atoms. The Labute approximate surface area is 139 Å². The van der Waals surface area contributed by atoms with Gasteiger partial charge in [0.05, 0.1) is 13.2 Å². The first-order valence-electron chi connectivity index (χ1n) is 6.81. The smallest absolute Gasteiger partial charge is 0.162 e. The maximum Gasteiger partial charge on any atom is 0.162 e. The second kappa shape index (κ2) is 7.76. The molecule has 2 aromatic rings. The Morgan fingerprint density at radius 1 is 1.10 bits per heavy atom. The van der Waals surface area contributed by atoms with Crippen LogP contribution in [0.2, 0.25) is 0 Å². The highest BCUT2D eigenvalue weighted by Crippen LogP contribution is 2.39. The molecule has 0 aliphatic rings. The summed E-state index contributed by atoms with van der Waals surface area (Å²) in [5, 5.41) is 0. The molecule has 0 atom stereocenters. The minimum atomic E-state index is 0.119. The molecule has 0 N–H and O–H groups in total. The summed E-state index contributed by atoms with van der Waals surface area (Å²) in [5.74, 6) is 2.46. The molecular weight excluding hydrogens is 348 g/mol. The molecule has 0 saturated carbocycles. The number of ether oxygens (including phenoxy) is 2. The van der Waals surface area contributed by atoms with Gasteiger partial charge in [0.2, 0.25) is 0 Å². The third-order valence-corrected chi connectivity index (χ3v) is 4.86. The first kappa shape index (κ1) is 16.2. The van der Waals surface area contributed by atoms with E-state index in [2.05, 4.69) is 40.2 Å². The average molecular weight is 367 g/mol. The van der Waals surface area contributed by atoms with E-state index < -0.39 is 0 Å². The van der Waals surface area contributed by atoms with Gasteiger partial charge in [-0.05, 0) is 47.5 Å². The van der Waals surface area contributed by atoms with Crippen molar-refractivity contribution in [2.45, 2.75) is 30.6 Å². The second-order valence-electron chi connectivity index (χ2n) is 4.87. The standard InChI is InChI=1S/C17H19BrO2S/c1-12(2)20-16-9-14(18)17(10-15(16)19-3)21-11-13-7-5-4-6-8-13/h4-10,12H,11H2,1-3H3. The average Bonchev–Trinajstić information content (AvgIpc) is 2.47. The summed E-state index contributed by atoms with van der Waals surface area (Å²) in [6, 6.07) is 14.4. The van der Waals surface area contributed by atoms with Gasteiger partial charge in [0.15, 0.2) is 11.5 Å². The van der Waals surface area contributed by atoms with E-state index in [0.29, 0.717) is 0 Å². The number of hydrogen-bond donors (Lipinski definition) is 0. The largest absolute Gasteiger partial charge is 0.493 e. The molecule has 0 bridgehead atoms. The van der Waals surface area contributed by atoms with Crippen LogP contribution >= 0.6 is 27.7 Å². The Balaban J connectivity index is 2.16. The lowest BCUT2D eigenvalue weighted by atomic mass is 10.2. The summed E-state index contributed by atoms with van der Waals surface area (Å²) in [7, 11) is 1.67. The Morgan fingerprint density at radius 2 is 1.81 bits per heavy atom. The molecule has 0 spiro atoms. The van der Waals surface area contributed by atoms with Gasteiger partial charge in [0.1, 0.15) is 0 Å². The van der Waals surface area contributed by atoms with E-state index in [4.69, 9.17) is 9.47 Å². The lowest BCUT2D eigenvalue weighted by molar-refractivity contribution is 0.229. The van der Waals surface area contributed by atoms with Gasteiger partial charge in [-0.3, -0.25) is 0 Å². The molecule has 0 aliphatic carbocycles. The lowest BCUT2D eigenvalue weighted by Gasteiger charge is -2.15. The zero-order valence-electron chi connectivity index (χ0n) is 12.4. The van der Waals surface area contributed by atoms with Crippen LogP contribution in [0, 0.1) is 0 Å². The normalized spacial score (nSPS) is 10.7. The Kier molecular flexibility index (Phi) is 6.00. The van der Waals surface area contributed by atoms with Gasteiger partial charge in [-0.25, -0.2) is 0 Å². The molecule has 4 heteroatoms. The van der Waals surface area contributed by atoms with Crippen molar-refractivity contribution in [2.24, 2.45) is 0 Å². The molecule has 0 radical (unpaired) electrons. The predicted octanol–water partition coefficient (Wildman–Crippen LogP) is 5.54. The zero-order chi connectivity index (χ0) is 15.2. The van der Waals surface area contributed by atoms with Crippen molar-refractivity contribution in [3.8, 4) is 11.5 Å². The summed E-state index contributed by atoms with van der Waals surface area (Å²) < 4.78 is 12.2. The van der Waals surface area contributed by atoms with E-state index in [-0.39, 0.29) is 6.10 Å². The fraction of sp³-hybridized carbons (Fsp3) is 0.294. The van der Waals surface area contributed by atoms with E-state index >= 15 is 0 Å². The highest BCUT2D eigenvalue weighted by Gasteiger charge is 2.12. The highest BCUT2D eigenvalue weighted by molar-refractivity contribution is 9.10. The summed E-state index contributed by atoms with van der Waals surface area (Å²) >= 11 is 5.39. The van der Waals surface area contributed by atoms with Crippen LogP contribution < -0.4 is 9.47 Å². The Hall–Kier alpha value is -1.13. The van der Waals surface area contributed by atoms with Crippen LogP contribution in [0.4, 0.5) is 0 Å². The summed E-state index contributed by atoms with van der Waals surface area (Å²) in [6.07, 6.45) is 0.119. The number of benzene rings is 2. The van der Waals surface area contributed by atoms with Crippen molar-refractivity contribution in [1.82, 2.24) is 0 Å². The maximum absolute atomic E-state index is 5.77. The van der Waals surface area contributed by atoms with Gasteiger partial charge < -0.3 is 9.47 Å². The predicted molar refractivity (Wildman–Crippen MR) is 92.5 cm³/mol. The first-order chi connectivity index (χ1) is 10.1. The van der Waals surface area contributed by atoms with Crippen molar-refractivity contribution in [2.75, 3.05) is 7.11 Å². The SMILES string of the molecule is COc1cc(SCc2ccccc2)c(Br)cc1OC(C)C. The van der Waals surface area contributed by atoms with Crippen LogP contribution in [0.15, 0.2) is 51.8 Å². The van der Waals surface area contributed by atoms with E-state index in [1.54, 1.807) is 18.9 Å². The molecule has 0 saturated heterocycles. The minimum absolute atomic E-state index is 0.119. The number of halogens is 1. The molecule has 0 aromatic heterocycles. The minimum Gasteiger partial charge on any atom is -0.493 e. The fourth-order valence-electron chi connectivity index (χ4n) is 1.87. The van der Waals surface area contributed by atoms with Crippen molar-refractivity contribution in [3.63, 3.8) is 0 Å². The van der Waals surface area contributed by atoms with E-state index in [0.717, 1.165) is 26.6 Å². The summed E-state index contributed by atoms with van der Waals surface area (Å²) in [6.45, 7) is 4.01. The van der Waals surface area contributed by atoms with Gasteiger partial charge in [-0.2, -0.15) is 0 Å². The fourth-order valence-corrected chi connectivity index (χ4v) is 3.44. The Bertz CT molecular complexity index is 585. The number of methoxy groups -OCH3 is 1. The van der Waals surface area contributed by atoms with Crippen molar-refractivity contribution in [1.29, 1.82) is 0 Å². The number of hydrogen-bond acceptors (Lipinski definition) is 3. The molecule has 0 aliphatic heterocycles. The number of thioether (sulfide) groups is 1. The van der Waals surface area contributed by atoms with Gasteiger partial charge in [0.25, 0.3) is 0 Å². The lowest BCUT2D eigenvalue weighted by Crippen LogP contribution is -2.06. The molecular formula is C17H19BrO2S. The van der Waals surface area contributed by atoms with Crippen molar-refractivity contribution >= 4 is 27.7 Å². The van der Waals surface area contributed by atoms with Crippen LogP contribution in [0.5, 0.6) is 11.5 Å². The molecule has 112 valence electrons. The van der Waals surface area contributed by atoms with Gasteiger partial charge in [-0.15, -0.1) is 11.8 Å². The Morgan fingerprint density at radius 3 is 2.43 bits per heavy atom. The van der Waals surface area contributed by atoms with Gasteiger partial charge in [0, 0.05) is 15.1 Å². The maximum atomic E-state index is 5.77. The van der Waals surface area contributed by atoms with Crippen LogP contribution in [-0.2, 0) is 5.75 Å². The molecule has 0 amide bonds. The van der Waals surface area contributed by atoms with Gasteiger partial charge in [-0.1, -0.05) is 30.3 Å². The van der Waals surface area contributed by atoms with E-state index in [1.807, 2.05) is 32.0 Å². The van der Waals surface area contributed by atoms with Gasteiger partial charge >= 0.3 is 0 Å².